The number of hydrogen-bond acceptors (Lipinski definition) is 8. The molecule has 51 heavy (non-hydrogen) atoms. The van der Waals surface area contributed by atoms with E-state index in [4.69, 9.17) is 4.74 Å². The minimum absolute atomic E-state index is 0.0441. The van der Waals surface area contributed by atoms with Gasteiger partial charge < -0.3 is 19.4 Å². The van der Waals surface area contributed by atoms with Crippen molar-refractivity contribution >= 4 is 27.3 Å². The Hall–Kier alpha value is -4.69. The molecular formula is C37H41F3N6O4S. The first-order chi connectivity index (χ1) is 24.5. The monoisotopic (exact) mass is 722 g/mol. The first-order valence-electron chi connectivity index (χ1n) is 17.1. The van der Waals surface area contributed by atoms with Gasteiger partial charge in [0.2, 0.25) is 15.9 Å². The summed E-state index contributed by atoms with van der Waals surface area (Å²) >= 11 is 0. The van der Waals surface area contributed by atoms with Crippen molar-refractivity contribution in [3.05, 3.63) is 107 Å². The predicted octanol–water partition coefficient (Wildman–Crippen LogP) is 6.78. The Morgan fingerprint density at radius 3 is 2.29 bits per heavy atom. The van der Waals surface area contributed by atoms with Crippen molar-refractivity contribution in [3.63, 3.8) is 0 Å². The average Bonchev–Trinajstić information content (AvgIpc) is 3.37. The molecule has 0 aliphatic carbocycles. The molecule has 0 saturated carbocycles. The Morgan fingerprint density at radius 1 is 0.882 bits per heavy atom. The maximum Gasteiger partial charge on any atom is 0.435 e. The van der Waals surface area contributed by atoms with E-state index in [1.165, 1.54) is 0 Å². The molecule has 0 atom stereocenters. The lowest BCUT2D eigenvalue weighted by Crippen LogP contribution is -2.38. The summed E-state index contributed by atoms with van der Waals surface area (Å²) in [6.07, 6.45) is -2.17. The first kappa shape index (κ1) is 36.1. The van der Waals surface area contributed by atoms with Crippen molar-refractivity contribution in [3.8, 4) is 11.6 Å². The molecule has 2 saturated heterocycles. The molecule has 270 valence electrons. The lowest BCUT2D eigenvalue weighted by atomic mass is 9.89. The summed E-state index contributed by atoms with van der Waals surface area (Å²) in [7, 11) is -3.78. The highest BCUT2D eigenvalue weighted by atomic mass is 32.2. The van der Waals surface area contributed by atoms with Crippen LogP contribution in [0.5, 0.6) is 11.6 Å². The van der Waals surface area contributed by atoms with Gasteiger partial charge in [0.25, 0.3) is 5.91 Å². The molecule has 10 nitrogen and oxygen atoms in total. The molecule has 0 spiro atoms. The van der Waals surface area contributed by atoms with Crippen LogP contribution in [-0.4, -0.2) is 80.1 Å². The van der Waals surface area contributed by atoms with E-state index in [0.717, 1.165) is 75.4 Å². The summed E-state index contributed by atoms with van der Waals surface area (Å²) in [5.74, 6) is 0.235. The van der Waals surface area contributed by atoms with E-state index in [0.29, 0.717) is 35.7 Å². The van der Waals surface area contributed by atoms with Crippen molar-refractivity contribution in [2.24, 2.45) is 0 Å². The molecule has 6 rings (SSSR count). The third-order valence-corrected chi connectivity index (χ3v) is 10.6. The molecule has 1 aromatic heterocycles. The smallest absolute Gasteiger partial charge is 0.435 e. The van der Waals surface area contributed by atoms with E-state index in [2.05, 4.69) is 31.6 Å². The van der Waals surface area contributed by atoms with Crippen molar-refractivity contribution in [1.82, 2.24) is 20.0 Å². The summed E-state index contributed by atoms with van der Waals surface area (Å²) in [6, 6.07) is 23.6. The van der Waals surface area contributed by atoms with Gasteiger partial charge in [-0.05, 0) is 85.8 Å². The fourth-order valence-electron chi connectivity index (χ4n) is 6.60. The number of aromatic nitrogens is 2. The lowest BCUT2D eigenvalue weighted by molar-refractivity contribution is -0.141. The van der Waals surface area contributed by atoms with Crippen LogP contribution < -0.4 is 14.4 Å². The second-order valence-electron chi connectivity index (χ2n) is 12.8. The van der Waals surface area contributed by atoms with Crippen LogP contribution in [0.3, 0.4) is 0 Å². The second-order valence-corrected chi connectivity index (χ2v) is 14.6. The number of ether oxygens (including phenoxy) is 1. The van der Waals surface area contributed by atoms with Crippen molar-refractivity contribution in [1.29, 1.82) is 0 Å². The number of carbonyl (C=O) groups excluding carboxylic acids is 1. The van der Waals surface area contributed by atoms with Gasteiger partial charge in [-0.25, -0.2) is 8.42 Å². The molecule has 0 radical (unpaired) electrons. The molecule has 1 amide bonds. The highest BCUT2D eigenvalue weighted by Gasteiger charge is 2.33. The number of amides is 1. The Balaban J connectivity index is 1.12. The quantitative estimate of drug-likeness (QED) is 0.191. The molecule has 14 heteroatoms. The number of likely N-dealkylation sites (tertiary alicyclic amines) is 1. The van der Waals surface area contributed by atoms with Crippen LogP contribution in [0.15, 0.2) is 84.9 Å². The number of likely N-dealkylation sites (N-methyl/N-ethyl adjacent to an activating group) is 1. The van der Waals surface area contributed by atoms with Gasteiger partial charge in [-0.3, -0.25) is 9.52 Å². The molecule has 3 heterocycles. The van der Waals surface area contributed by atoms with E-state index in [9.17, 15) is 26.4 Å². The summed E-state index contributed by atoms with van der Waals surface area (Å²) in [4.78, 5) is 20.2. The molecule has 1 N–H and O–H groups in total. The Kier molecular flexibility index (Phi) is 11.1. The van der Waals surface area contributed by atoms with Crippen LogP contribution in [0.4, 0.5) is 24.5 Å². The zero-order valence-corrected chi connectivity index (χ0v) is 29.2. The standard InChI is InChI=1S/C37H41F3N6O4S/c1-2-44-19-6-20-45(24-23-44)33-14-11-30(25-32(33)43-51(48,49)26-27-7-4-3-5-8-27)36(47)46-21-17-29(18-22-46)28-9-12-31(13-10-28)50-35-16-15-34(41-42-35)37(38,39)40/h3-5,7-16,25,29,43H,2,6,17-24,26H2,1H3. The zero-order valence-electron chi connectivity index (χ0n) is 28.3. The number of halogens is 3. The number of anilines is 2. The van der Waals surface area contributed by atoms with Crippen LogP contribution in [0, 0.1) is 0 Å². The van der Waals surface area contributed by atoms with E-state index in [-0.39, 0.29) is 23.5 Å². The van der Waals surface area contributed by atoms with Crippen molar-refractivity contribution in [2.45, 2.75) is 44.0 Å². The minimum atomic E-state index is -4.58. The van der Waals surface area contributed by atoms with Crippen LogP contribution >= 0.6 is 0 Å². The maximum absolute atomic E-state index is 13.8. The third-order valence-electron chi connectivity index (χ3n) is 9.37. The lowest BCUT2D eigenvalue weighted by Gasteiger charge is -2.33. The van der Waals surface area contributed by atoms with Gasteiger partial charge in [-0.1, -0.05) is 49.4 Å². The van der Waals surface area contributed by atoms with Crippen LogP contribution in [0.25, 0.3) is 0 Å². The molecule has 2 aliphatic rings. The predicted molar refractivity (Wildman–Crippen MR) is 190 cm³/mol. The first-order valence-corrected chi connectivity index (χ1v) is 18.8. The van der Waals surface area contributed by atoms with Gasteiger partial charge in [-0.2, -0.15) is 13.2 Å². The number of carbonyl (C=O) groups is 1. The number of nitrogens with one attached hydrogen (secondary N) is 1. The van der Waals surface area contributed by atoms with Gasteiger partial charge in [-0.15, -0.1) is 10.2 Å². The number of alkyl halides is 3. The average molecular weight is 723 g/mol. The summed E-state index contributed by atoms with van der Waals surface area (Å²) in [5, 5.41) is 6.70. The van der Waals surface area contributed by atoms with Crippen LogP contribution in [-0.2, 0) is 22.0 Å². The van der Waals surface area contributed by atoms with Gasteiger partial charge in [0.15, 0.2) is 5.69 Å². The van der Waals surface area contributed by atoms with Crippen LogP contribution in [0.2, 0.25) is 0 Å². The fourth-order valence-corrected chi connectivity index (χ4v) is 7.81. The molecule has 2 fully saturated rings. The minimum Gasteiger partial charge on any atom is -0.438 e. The molecule has 4 aromatic rings. The number of hydrogen-bond donors (Lipinski definition) is 1. The topological polar surface area (TPSA) is 108 Å². The largest absolute Gasteiger partial charge is 0.438 e. The van der Waals surface area contributed by atoms with Crippen molar-refractivity contribution < 1.29 is 31.1 Å². The summed E-state index contributed by atoms with van der Waals surface area (Å²) in [6.45, 7) is 7.52. The van der Waals surface area contributed by atoms with Crippen molar-refractivity contribution in [2.75, 3.05) is 55.4 Å². The summed E-state index contributed by atoms with van der Waals surface area (Å²) < 4.78 is 73.5. The third kappa shape index (κ3) is 9.36. The molecule has 2 aliphatic heterocycles. The van der Waals surface area contributed by atoms with E-state index in [1.54, 1.807) is 41.3 Å². The van der Waals surface area contributed by atoms with E-state index < -0.39 is 21.9 Å². The number of piperidine rings is 1. The Morgan fingerprint density at radius 2 is 1.63 bits per heavy atom. The highest BCUT2D eigenvalue weighted by molar-refractivity contribution is 7.91. The molecule has 0 unspecified atom stereocenters. The number of rotatable bonds is 10. The van der Waals surface area contributed by atoms with Gasteiger partial charge >= 0.3 is 6.18 Å². The van der Waals surface area contributed by atoms with E-state index in [1.807, 2.05) is 36.4 Å². The van der Waals surface area contributed by atoms with Gasteiger partial charge in [0.05, 0.1) is 17.1 Å². The molecular weight excluding hydrogens is 682 g/mol. The maximum atomic E-state index is 13.8. The highest BCUT2D eigenvalue weighted by Crippen LogP contribution is 2.34. The SMILES string of the molecule is CCN1CCCN(c2ccc(C(=O)N3CCC(c4ccc(Oc5ccc(C(F)(F)F)nn5)cc4)CC3)cc2NS(=O)(=O)Cc2ccccc2)CC1. The normalized spacial score (nSPS) is 16.5. The zero-order chi connectivity index (χ0) is 36.0. The Labute approximate surface area is 296 Å². The Bertz CT molecular complexity index is 1890. The second kappa shape index (κ2) is 15.7. The van der Waals surface area contributed by atoms with Gasteiger partial charge in [0.1, 0.15) is 5.75 Å². The van der Waals surface area contributed by atoms with Crippen LogP contribution in [0.1, 0.15) is 59.3 Å². The fraction of sp³-hybridized carbons (Fsp3) is 0.378. The van der Waals surface area contributed by atoms with E-state index >= 15 is 0 Å². The number of benzene rings is 3. The molecule has 3 aromatic carbocycles. The number of sulfonamides is 1. The van der Waals surface area contributed by atoms with Gasteiger partial charge in [0, 0.05) is 44.4 Å². The number of nitrogens with zero attached hydrogens (tertiary/aromatic N) is 5. The summed E-state index contributed by atoms with van der Waals surface area (Å²) in [5.41, 5.74) is 2.23. The molecule has 0 bridgehead atoms.